The zero-order valence-corrected chi connectivity index (χ0v) is 17.8. The number of morpholine rings is 1. The van der Waals surface area contributed by atoms with Gasteiger partial charge >= 0.3 is 0 Å². The molecule has 0 spiro atoms. The second kappa shape index (κ2) is 10.1. The van der Waals surface area contributed by atoms with E-state index in [1.54, 1.807) is 11.8 Å². The number of hydrogen-bond acceptors (Lipinski definition) is 4. The number of benzene rings is 2. The lowest BCUT2D eigenvalue weighted by molar-refractivity contribution is -0.119. The van der Waals surface area contributed by atoms with Gasteiger partial charge in [0, 0.05) is 24.0 Å². The van der Waals surface area contributed by atoms with E-state index in [9.17, 15) is 4.79 Å². The molecule has 0 bridgehead atoms. The number of thioether (sulfide) groups is 1. The highest BCUT2D eigenvalue weighted by molar-refractivity contribution is 8.00. The summed E-state index contributed by atoms with van der Waals surface area (Å²) in [4.78, 5) is 16.3. The van der Waals surface area contributed by atoms with Gasteiger partial charge in [0.15, 0.2) is 0 Å². The highest BCUT2D eigenvalue weighted by Gasteiger charge is 2.28. The number of amides is 1. The number of hydrogen-bond donors (Lipinski definition) is 1. The van der Waals surface area contributed by atoms with Gasteiger partial charge in [-0.3, -0.25) is 9.69 Å². The molecule has 4 nitrogen and oxygen atoms in total. The van der Waals surface area contributed by atoms with Gasteiger partial charge in [0.05, 0.1) is 25.0 Å². The van der Waals surface area contributed by atoms with Crippen LogP contribution in [0.4, 0.5) is 0 Å². The number of carbonyl (C=O) groups excluding carboxylic acids is 1. The Hall–Kier alpha value is -1.82. The molecule has 1 saturated heterocycles. The molecule has 3 rings (SSSR count). The first-order chi connectivity index (χ1) is 13.5. The Kier molecular flexibility index (Phi) is 7.54. The monoisotopic (exact) mass is 398 g/mol. The van der Waals surface area contributed by atoms with Crippen molar-refractivity contribution in [1.82, 2.24) is 10.2 Å². The molecule has 1 heterocycles. The summed E-state index contributed by atoms with van der Waals surface area (Å²) in [6, 6.07) is 17.0. The smallest absolute Gasteiger partial charge is 0.230 e. The first-order valence-corrected chi connectivity index (χ1v) is 10.9. The molecule has 150 valence electrons. The van der Waals surface area contributed by atoms with Crippen molar-refractivity contribution in [2.75, 3.05) is 32.1 Å². The number of nitrogens with zero attached hydrogens (tertiary/aromatic N) is 1. The quantitative estimate of drug-likeness (QED) is 0.717. The summed E-state index contributed by atoms with van der Waals surface area (Å²) in [5.41, 5.74) is 3.67. The predicted molar refractivity (Wildman–Crippen MR) is 116 cm³/mol. The summed E-state index contributed by atoms with van der Waals surface area (Å²) < 4.78 is 5.52. The second-order valence-electron chi connectivity index (χ2n) is 7.42. The van der Waals surface area contributed by atoms with Crippen LogP contribution in [-0.4, -0.2) is 48.9 Å². The van der Waals surface area contributed by atoms with Gasteiger partial charge in [-0.15, -0.1) is 11.8 Å². The molecule has 5 heteroatoms. The van der Waals surface area contributed by atoms with Crippen LogP contribution in [0.1, 0.15) is 29.7 Å². The van der Waals surface area contributed by atoms with Crippen molar-refractivity contribution < 1.29 is 9.53 Å². The van der Waals surface area contributed by atoms with E-state index in [0.29, 0.717) is 5.75 Å². The van der Waals surface area contributed by atoms with Gasteiger partial charge in [-0.05, 0) is 38.0 Å². The van der Waals surface area contributed by atoms with Crippen LogP contribution in [0.2, 0.25) is 0 Å². The third kappa shape index (κ3) is 5.60. The molecule has 1 N–H and O–H groups in total. The van der Waals surface area contributed by atoms with Crippen molar-refractivity contribution >= 4 is 17.7 Å². The van der Waals surface area contributed by atoms with Crippen LogP contribution >= 0.6 is 11.8 Å². The second-order valence-corrected chi connectivity index (χ2v) is 8.43. The maximum absolute atomic E-state index is 12.7. The fourth-order valence-electron chi connectivity index (χ4n) is 3.70. The fourth-order valence-corrected chi connectivity index (χ4v) is 4.64. The van der Waals surface area contributed by atoms with Crippen molar-refractivity contribution in [3.63, 3.8) is 0 Å². The minimum absolute atomic E-state index is 0.0206. The predicted octanol–water partition coefficient (Wildman–Crippen LogP) is 3.97. The van der Waals surface area contributed by atoms with E-state index in [0.717, 1.165) is 26.3 Å². The summed E-state index contributed by atoms with van der Waals surface area (Å²) in [6.07, 6.45) is 0. The lowest BCUT2D eigenvalue weighted by Crippen LogP contribution is -2.48. The van der Waals surface area contributed by atoms with Crippen molar-refractivity contribution in [2.45, 2.75) is 37.8 Å². The van der Waals surface area contributed by atoms with Crippen LogP contribution in [0.25, 0.3) is 0 Å². The van der Waals surface area contributed by atoms with Gasteiger partial charge < -0.3 is 10.1 Å². The number of rotatable bonds is 7. The molecule has 1 aliphatic rings. The maximum atomic E-state index is 12.7. The molecule has 1 aliphatic heterocycles. The van der Waals surface area contributed by atoms with Gasteiger partial charge in [0.1, 0.15) is 0 Å². The van der Waals surface area contributed by atoms with E-state index in [1.807, 2.05) is 6.07 Å². The van der Waals surface area contributed by atoms with Gasteiger partial charge in [-0.1, -0.05) is 48.0 Å². The SMILES string of the molecule is Cc1ccc(C)c(SCC(=O)N[C@H](C)[C@@H](c2ccccc2)N2CCOCC2)c1. The first kappa shape index (κ1) is 20.9. The molecule has 28 heavy (non-hydrogen) atoms. The lowest BCUT2D eigenvalue weighted by atomic mass is 9.98. The number of ether oxygens (including phenoxy) is 1. The minimum atomic E-state index is 0.0206. The molecule has 1 fully saturated rings. The molecular weight excluding hydrogens is 368 g/mol. The van der Waals surface area contributed by atoms with Gasteiger partial charge in [-0.2, -0.15) is 0 Å². The molecule has 0 saturated carbocycles. The Morgan fingerprint density at radius 3 is 2.57 bits per heavy atom. The van der Waals surface area contributed by atoms with E-state index in [2.05, 4.69) is 73.5 Å². The topological polar surface area (TPSA) is 41.6 Å². The standard InChI is InChI=1S/C23H30N2O2S/c1-17-9-10-18(2)21(15-17)28-16-22(26)24-19(3)23(20-7-5-4-6-8-20)25-11-13-27-14-12-25/h4-10,15,19,23H,11-14,16H2,1-3H3,(H,24,26)/t19-,23+/m1/s1. The molecule has 1 amide bonds. The average Bonchev–Trinajstić information content (AvgIpc) is 2.70. The van der Waals surface area contributed by atoms with Crippen LogP contribution < -0.4 is 5.32 Å². The summed E-state index contributed by atoms with van der Waals surface area (Å²) in [5, 5.41) is 3.24. The number of nitrogens with one attached hydrogen (secondary N) is 1. The van der Waals surface area contributed by atoms with E-state index in [1.165, 1.54) is 21.6 Å². The minimum Gasteiger partial charge on any atom is -0.379 e. The maximum Gasteiger partial charge on any atom is 0.230 e. The highest BCUT2D eigenvalue weighted by Crippen LogP contribution is 2.26. The molecule has 0 aromatic heterocycles. The molecule has 0 unspecified atom stereocenters. The normalized spacial score (nSPS) is 17.1. The Balaban J connectivity index is 1.64. The highest BCUT2D eigenvalue weighted by atomic mass is 32.2. The van der Waals surface area contributed by atoms with Crippen molar-refractivity contribution in [1.29, 1.82) is 0 Å². The summed E-state index contributed by atoms with van der Waals surface area (Å²) in [6.45, 7) is 9.53. The third-order valence-corrected chi connectivity index (χ3v) is 6.30. The number of carbonyl (C=O) groups is 1. The summed E-state index contributed by atoms with van der Waals surface area (Å²) in [7, 11) is 0. The summed E-state index contributed by atoms with van der Waals surface area (Å²) >= 11 is 1.61. The lowest BCUT2D eigenvalue weighted by Gasteiger charge is -2.38. The number of aryl methyl sites for hydroxylation is 2. The Morgan fingerprint density at radius 2 is 1.86 bits per heavy atom. The molecule has 2 aromatic carbocycles. The van der Waals surface area contributed by atoms with Crippen LogP contribution in [0.3, 0.4) is 0 Å². The largest absolute Gasteiger partial charge is 0.379 e. The van der Waals surface area contributed by atoms with Gasteiger partial charge in [0.25, 0.3) is 0 Å². The summed E-state index contributed by atoms with van der Waals surface area (Å²) in [5.74, 6) is 0.506. The average molecular weight is 399 g/mol. The molecule has 0 radical (unpaired) electrons. The van der Waals surface area contributed by atoms with Gasteiger partial charge in [0.2, 0.25) is 5.91 Å². The Labute approximate surface area is 172 Å². The zero-order valence-electron chi connectivity index (χ0n) is 17.0. The third-order valence-electron chi connectivity index (χ3n) is 5.14. The first-order valence-electron chi connectivity index (χ1n) is 9.91. The Morgan fingerprint density at radius 1 is 1.14 bits per heavy atom. The van der Waals surface area contributed by atoms with Crippen LogP contribution in [-0.2, 0) is 9.53 Å². The molecule has 2 atom stereocenters. The van der Waals surface area contributed by atoms with Crippen molar-refractivity contribution in [3.05, 3.63) is 65.2 Å². The van der Waals surface area contributed by atoms with Crippen LogP contribution in [0.15, 0.2) is 53.4 Å². The van der Waals surface area contributed by atoms with E-state index in [4.69, 9.17) is 4.74 Å². The van der Waals surface area contributed by atoms with Crippen molar-refractivity contribution in [2.24, 2.45) is 0 Å². The van der Waals surface area contributed by atoms with Crippen LogP contribution in [0, 0.1) is 13.8 Å². The molecule has 0 aliphatic carbocycles. The van der Waals surface area contributed by atoms with E-state index >= 15 is 0 Å². The van der Waals surface area contributed by atoms with Crippen molar-refractivity contribution in [3.8, 4) is 0 Å². The fraction of sp³-hybridized carbons (Fsp3) is 0.435. The van der Waals surface area contributed by atoms with Gasteiger partial charge in [-0.25, -0.2) is 0 Å². The molecule has 2 aromatic rings. The Bertz CT molecular complexity index is 775. The van der Waals surface area contributed by atoms with E-state index < -0.39 is 0 Å². The van der Waals surface area contributed by atoms with E-state index in [-0.39, 0.29) is 18.0 Å². The molecular formula is C23H30N2O2S. The zero-order chi connectivity index (χ0) is 19.9. The van der Waals surface area contributed by atoms with Crippen LogP contribution in [0.5, 0.6) is 0 Å².